The van der Waals surface area contributed by atoms with Gasteiger partial charge in [-0.2, -0.15) is 0 Å². The number of halogens is 1. The van der Waals surface area contributed by atoms with Gasteiger partial charge in [0.25, 0.3) is 5.91 Å². The van der Waals surface area contributed by atoms with E-state index >= 15 is 0 Å². The predicted molar refractivity (Wildman–Crippen MR) is 137 cm³/mol. The Morgan fingerprint density at radius 1 is 1.09 bits per heavy atom. The van der Waals surface area contributed by atoms with Gasteiger partial charge in [0.05, 0.1) is 12.2 Å². The number of anilines is 2. The SMILES string of the molecule is CC1Oc2ccc(NC(=O)/C=C/c3ccc(C(C)C)cc3)cc2N(Cc2ccc(Cl)cc2)C1=O. The lowest BCUT2D eigenvalue weighted by Gasteiger charge is -2.33. The summed E-state index contributed by atoms with van der Waals surface area (Å²) in [6, 6.07) is 20.8. The van der Waals surface area contributed by atoms with Crippen molar-refractivity contribution in [3.63, 3.8) is 0 Å². The summed E-state index contributed by atoms with van der Waals surface area (Å²) in [4.78, 5) is 27.1. The summed E-state index contributed by atoms with van der Waals surface area (Å²) in [5.41, 5.74) is 4.34. The Morgan fingerprint density at radius 3 is 2.47 bits per heavy atom. The first-order chi connectivity index (χ1) is 16.3. The van der Waals surface area contributed by atoms with Gasteiger partial charge in [0, 0.05) is 16.8 Å². The maximum atomic E-state index is 12.9. The van der Waals surface area contributed by atoms with Crippen LogP contribution in [0.1, 0.15) is 43.4 Å². The smallest absolute Gasteiger partial charge is 0.268 e. The van der Waals surface area contributed by atoms with Crippen LogP contribution in [0.3, 0.4) is 0 Å². The van der Waals surface area contributed by atoms with Gasteiger partial charge in [0.1, 0.15) is 5.75 Å². The first-order valence-corrected chi connectivity index (χ1v) is 11.6. The molecule has 6 heteroatoms. The minimum Gasteiger partial charge on any atom is -0.479 e. The minimum absolute atomic E-state index is 0.143. The van der Waals surface area contributed by atoms with Crippen LogP contribution < -0.4 is 15.0 Å². The lowest BCUT2D eigenvalue weighted by atomic mass is 10.0. The van der Waals surface area contributed by atoms with Gasteiger partial charge in [0.15, 0.2) is 6.10 Å². The third-order valence-corrected chi connectivity index (χ3v) is 5.97. The highest BCUT2D eigenvalue weighted by atomic mass is 35.5. The zero-order chi connectivity index (χ0) is 24.2. The molecular weight excluding hydrogens is 448 g/mol. The van der Waals surface area contributed by atoms with Gasteiger partial charge < -0.3 is 15.0 Å². The molecule has 2 amide bonds. The van der Waals surface area contributed by atoms with Gasteiger partial charge in [-0.15, -0.1) is 0 Å². The number of rotatable bonds is 6. The molecule has 0 fully saturated rings. The molecule has 1 N–H and O–H groups in total. The number of nitrogens with zero attached hydrogens (tertiary/aromatic N) is 1. The molecule has 0 radical (unpaired) electrons. The molecule has 1 unspecified atom stereocenters. The number of hydrogen-bond acceptors (Lipinski definition) is 3. The number of nitrogens with one attached hydrogen (secondary N) is 1. The zero-order valence-electron chi connectivity index (χ0n) is 19.4. The molecule has 1 aliphatic rings. The standard InChI is InChI=1S/C28H27ClN2O3/c1-18(2)22-9-4-20(5-10-22)8-15-27(32)30-24-13-14-26-25(16-24)31(28(33)19(3)34-26)17-21-6-11-23(29)12-7-21/h4-16,18-19H,17H2,1-3H3,(H,30,32)/b15-8+. The summed E-state index contributed by atoms with van der Waals surface area (Å²) >= 11 is 5.99. The van der Waals surface area contributed by atoms with Crippen molar-refractivity contribution >= 4 is 40.9 Å². The lowest BCUT2D eigenvalue weighted by Crippen LogP contribution is -2.44. The first-order valence-electron chi connectivity index (χ1n) is 11.3. The van der Waals surface area contributed by atoms with Gasteiger partial charge in [-0.3, -0.25) is 9.59 Å². The molecule has 0 saturated carbocycles. The van der Waals surface area contributed by atoms with E-state index in [1.165, 1.54) is 11.6 Å². The number of fused-ring (bicyclic) bond motifs is 1. The van der Waals surface area contributed by atoms with Crippen LogP contribution in [-0.2, 0) is 16.1 Å². The minimum atomic E-state index is -0.592. The Bertz CT molecular complexity index is 1220. The Hall–Kier alpha value is -3.57. The van der Waals surface area contributed by atoms with Gasteiger partial charge in [-0.05, 0) is 65.9 Å². The van der Waals surface area contributed by atoms with Gasteiger partial charge in [0.2, 0.25) is 5.91 Å². The number of amides is 2. The highest BCUT2D eigenvalue weighted by Gasteiger charge is 2.31. The fourth-order valence-electron chi connectivity index (χ4n) is 3.77. The quantitative estimate of drug-likeness (QED) is 0.419. The first kappa shape index (κ1) is 23.6. The molecular formula is C28H27ClN2O3. The second kappa shape index (κ2) is 10.1. The molecule has 1 aliphatic heterocycles. The van der Waals surface area contributed by atoms with Crippen molar-refractivity contribution in [1.82, 2.24) is 0 Å². The van der Waals surface area contributed by atoms with Crippen LogP contribution in [0.2, 0.25) is 5.02 Å². The third kappa shape index (κ3) is 5.49. The maximum absolute atomic E-state index is 12.9. The Morgan fingerprint density at radius 2 is 1.79 bits per heavy atom. The number of ether oxygens (including phenoxy) is 1. The van der Waals surface area contributed by atoms with Crippen molar-refractivity contribution in [2.24, 2.45) is 0 Å². The fraction of sp³-hybridized carbons (Fsp3) is 0.214. The van der Waals surface area contributed by atoms with Crippen LogP contribution in [0, 0.1) is 0 Å². The second-order valence-electron chi connectivity index (χ2n) is 8.64. The van der Waals surface area contributed by atoms with E-state index in [9.17, 15) is 9.59 Å². The van der Waals surface area contributed by atoms with Gasteiger partial charge >= 0.3 is 0 Å². The molecule has 0 bridgehead atoms. The Balaban J connectivity index is 1.50. The summed E-state index contributed by atoms with van der Waals surface area (Å²) < 4.78 is 5.78. The average molecular weight is 475 g/mol. The summed E-state index contributed by atoms with van der Waals surface area (Å²) in [6.07, 6.45) is 2.68. The highest BCUT2D eigenvalue weighted by molar-refractivity contribution is 6.30. The summed E-state index contributed by atoms with van der Waals surface area (Å²) in [5.74, 6) is 0.660. The summed E-state index contributed by atoms with van der Waals surface area (Å²) in [7, 11) is 0. The summed E-state index contributed by atoms with van der Waals surface area (Å²) in [5, 5.41) is 3.51. The van der Waals surface area contributed by atoms with E-state index in [0.717, 1.165) is 11.1 Å². The molecule has 174 valence electrons. The Labute approximate surface area is 205 Å². The van der Waals surface area contributed by atoms with Gasteiger partial charge in [-0.25, -0.2) is 0 Å². The van der Waals surface area contributed by atoms with E-state index in [1.54, 1.807) is 48.2 Å². The molecule has 0 aliphatic carbocycles. The number of benzene rings is 3. The van der Waals surface area contributed by atoms with E-state index in [1.807, 2.05) is 24.3 Å². The molecule has 5 nitrogen and oxygen atoms in total. The average Bonchev–Trinajstić information content (AvgIpc) is 2.82. The maximum Gasteiger partial charge on any atom is 0.268 e. The van der Waals surface area contributed by atoms with Crippen molar-refractivity contribution in [3.05, 3.63) is 94.5 Å². The van der Waals surface area contributed by atoms with Crippen LogP contribution >= 0.6 is 11.6 Å². The van der Waals surface area contributed by atoms with Gasteiger partial charge in [-0.1, -0.05) is 61.8 Å². The van der Waals surface area contributed by atoms with E-state index < -0.39 is 6.10 Å². The lowest BCUT2D eigenvalue weighted by molar-refractivity contribution is -0.125. The molecule has 0 spiro atoms. The predicted octanol–water partition coefficient (Wildman–Crippen LogP) is 6.43. The fourth-order valence-corrected chi connectivity index (χ4v) is 3.89. The molecule has 3 aromatic carbocycles. The molecule has 1 heterocycles. The Kier molecular flexibility index (Phi) is 7.03. The largest absolute Gasteiger partial charge is 0.479 e. The van der Waals surface area contributed by atoms with Crippen molar-refractivity contribution in [1.29, 1.82) is 0 Å². The van der Waals surface area contributed by atoms with E-state index in [0.29, 0.717) is 34.6 Å². The van der Waals surface area contributed by atoms with E-state index in [2.05, 4.69) is 31.3 Å². The number of hydrogen-bond donors (Lipinski definition) is 1. The van der Waals surface area contributed by atoms with E-state index in [-0.39, 0.29) is 11.8 Å². The highest BCUT2D eigenvalue weighted by Crippen LogP contribution is 2.37. The molecule has 0 saturated heterocycles. The van der Waals surface area contributed by atoms with Crippen LogP contribution in [0.25, 0.3) is 6.08 Å². The molecule has 0 aromatic heterocycles. The molecule has 34 heavy (non-hydrogen) atoms. The van der Waals surface area contributed by atoms with Crippen LogP contribution in [0.4, 0.5) is 11.4 Å². The third-order valence-electron chi connectivity index (χ3n) is 5.72. The van der Waals surface area contributed by atoms with Crippen molar-refractivity contribution in [2.75, 3.05) is 10.2 Å². The van der Waals surface area contributed by atoms with Crippen molar-refractivity contribution in [3.8, 4) is 5.75 Å². The normalized spacial score (nSPS) is 15.4. The van der Waals surface area contributed by atoms with Crippen LogP contribution in [-0.4, -0.2) is 17.9 Å². The number of carbonyl (C=O) groups is 2. The van der Waals surface area contributed by atoms with Crippen LogP contribution in [0.5, 0.6) is 5.75 Å². The second-order valence-corrected chi connectivity index (χ2v) is 9.07. The molecule has 1 atom stereocenters. The van der Waals surface area contributed by atoms with Crippen molar-refractivity contribution in [2.45, 2.75) is 39.3 Å². The van der Waals surface area contributed by atoms with Crippen molar-refractivity contribution < 1.29 is 14.3 Å². The van der Waals surface area contributed by atoms with E-state index in [4.69, 9.17) is 16.3 Å². The summed E-state index contributed by atoms with van der Waals surface area (Å²) in [6.45, 7) is 6.40. The monoisotopic (exact) mass is 474 g/mol. The molecule has 3 aromatic rings. The molecule has 4 rings (SSSR count). The number of carbonyl (C=O) groups excluding carboxylic acids is 2. The topological polar surface area (TPSA) is 58.6 Å². The van der Waals surface area contributed by atoms with Crippen LogP contribution in [0.15, 0.2) is 72.8 Å². The zero-order valence-corrected chi connectivity index (χ0v) is 20.2.